The first-order chi connectivity index (χ1) is 12.1. The zero-order chi connectivity index (χ0) is 18.2. The number of carbonyl (C=O) groups is 2. The van der Waals surface area contributed by atoms with Crippen LogP contribution in [0.3, 0.4) is 0 Å². The highest BCUT2D eigenvalue weighted by molar-refractivity contribution is 9.09. The van der Waals surface area contributed by atoms with Gasteiger partial charge in [-0.15, -0.1) is 0 Å². The molecule has 3 aromatic carbocycles. The van der Waals surface area contributed by atoms with Crippen LogP contribution in [0.15, 0.2) is 60.7 Å². The fourth-order valence-corrected chi connectivity index (χ4v) is 2.75. The highest BCUT2D eigenvalue weighted by Crippen LogP contribution is 2.25. The molecule has 26 heavy (non-hydrogen) atoms. The summed E-state index contributed by atoms with van der Waals surface area (Å²) in [7, 11) is 0. The summed E-state index contributed by atoms with van der Waals surface area (Å²) in [4.78, 5) is 22.4. The van der Waals surface area contributed by atoms with E-state index in [-0.39, 0.29) is 19.3 Å². The summed E-state index contributed by atoms with van der Waals surface area (Å²) >= 11 is 6.34. The standard InChI is InChI=1S/C19H13BrO2.C2H5Br.H2S/c20-11-19(22)18-8-7-16-9-15(5-6-17(16)10-18)14-3-1-13(12-21)2-4-14;1-2-3;/h1-10,12H,11H2;2H2,1H3;1H2. The summed E-state index contributed by atoms with van der Waals surface area (Å²) in [5, 5.41) is 3.52. The number of aldehydes is 1. The minimum absolute atomic E-state index is 0. The quantitative estimate of drug-likeness (QED) is 0.238. The molecule has 5 heteroatoms. The van der Waals surface area contributed by atoms with E-state index in [1.165, 1.54) is 0 Å². The number of rotatable bonds is 4. The number of Topliss-reactive ketones (excluding diaryl/α,β-unsaturated/α-hetero) is 1. The van der Waals surface area contributed by atoms with Gasteiger partial charge in [0.05, 0.1) is 5.33 Å². The van der Waals surface area contributed by atoms with Crippen LogP contribution >= 0.6 is 45.4 Å². The van der Waals surface area contributed by atoms with E-state index < -0.39 is 0 Å². The maximum absolute atomic E-state index is 11.7. The summed E-state index contributed by atoms with van der Waals surface area (Å²) in [6.45, 7) is 2.04. The molecule has 0 radical (unpaired) electrons. The maximum Gasteiger partial charge on any atom is 0.173 e. The number of hydrogen-bond acceptors (Lipinski definition) is 2. The van der Waals surface area contributed by atoms with Gasteiger partial charge in [0.1, 0.15) is 6.29 Å². The molecule has 0 bridgehead atoms. The predicted octanol–water partition coefficient (Wildman–Crippen LogP) is 6.41. The topological polar surface area (TPSA) is 34.1 Å². The van der Waals surface area contributed by atoms with Crippen molar-refractivity contribution in [3.05, 3.63) is 71.8 Å². The van der Waals surface area contributed by atoms with E-state index in [1.807, 2.05) is 61.5 Å². The van der Waals surface area contributed by atoms with Crippen molar-refractivity contribution in [3.8, 4) is 11.1 Å². The van der Waals surface area contributed by atoms with Crippen molar-refractivity contribution in [2.45, 2.75) is 6.92 Å². The molecule has 136 valence electrons. The third-order valence-corrected chi connectivity index (χ3v) is 4.17. The second-order valence-corrected chi connectivity index (χ2v) is 7.02. The molecule has 0 spiro atoms. The van der Waals surface area contributed by atoms with Gasteiger partial charge >= 0.3 is 0 Å². The van der Waals surface area contributed by atoms with E-state index in [2.05, 4.69) is 37.9 Å². The molecule has 0 unspecified atom stereocenters. The molecule has 0 saturated heterocycles. The Morgan fingerprint density at radius 3 is 2.00 bits per heavy atom. The van der Waals surface area contributed by atoms with Gasteiger partial charge in [0.2, 0.25) is 0 Å². The smallest absolute Gasteiger partial charge is 0.173 e. The Kier molecular flexibility index (Phi) is 9.84. The lowest BCUT2D eigenvalue weighted by molar-refractivity contribution is 0.102. The zero-order valence-corrected chi connectivity index (χ0v) is 18.5. The van der Waals surface area contributed by atoms with Gasteiger partial charge in [0.25, 0.3) is 0 Å². The zero-order valence-electron chi connectivity index (χ0n) is 14.3. The fourth-order valence-electron chi connectivity index (χ4n) is 2.43. The molecule has 0 aliphatic heterocycles. The Balaban J connectivity index is 0.000000791. The fraction of sp³-hybridized carbons (Fsp3) is 0.143. The number of ketones is 1. The van der Waals surface area contributed by atoms with Crippen LogP contribution in [0.1, 0.15) is 27.6 Å². The molecule has 0 aromatic heterocycles. The molecule has 0 heterocycles. The highest BCUT2D eigenvalue weighted by atomic mass is 79.9. The Hall–Kier alpha value is -1.43. The van der Waals surface area contributed by atoms with Gasteiger partial charge in [-0.1, -0.05) is 87.3 Å². The lowest BCUT2D eigenvalue weighted by atomic mass is 9.99. The largest absolute Gasteiger partial charge is 0.298 e. The number of hydrogen-bond donors (Lipinski definition) is 0. The van der Waals surface area contributed by atoms with Crippen molar-refractivity contribution in [2.75, 3.05) is 10.7 Å². The van der Waals surface area contributed by atoms with Gasteiger partial charge in [0, 0.05) is 16.5 Å². The predicted molar refractivity (Wildman–Crippen MR) is 123 cm³/mol. The van der Waals surface area contributed by atoms with Gasteiger partial charge in [-0.25, -0.2) is 0 Å². The van der Waals surface area contributed by atoms with Gasteiger partial charge in [-0.05, 0) is 34.0 Å². The number of benzene rings is 3. The van der Waals surface area contributed by atoms with Crippen LogP contribution in [0.25, 0.3) is 21.9 Å². The lowest BCUT2D eigenvalue weighted by Gasteiger charge is -2.06. The molecule has 0 atom stereocenters. The average Bonchev–Trinajstić information content (AvgIpc) is 2.67. The van der Waals surface area contributed by atoms with Crippen molar-refractivity contribution < 1.29 is 9.59 Å². The van der Waals surface area contributed by atoms with Crippen molar-refractivity contribution in [3.63, 3.8) is 0 Å². The third kappa shape index (κ3) is 5.79. The first kappa shape index (κ1) is 22.6. The molecule has 0 N–H and O–H groups in total. The second-order valence-electron chi connectivity index (χ2n) is 5.34. The monoisotopic (exact) mass is 494 g/mol. The summed E-state index contributed by atoms with van der Waals surface area (Å²) in [6.07, 6.45) is 0.840. The Bertz CT molecular complexity index is 877. The summed E-state index contributed by atoms with van der Waals surface area (Å²) in [5.74, 6) is 0.0791. The van der Waals surface area contributed by atoms with E-state index >= 15 is 0 Å². The molecular formula is C21H20Br2O2S. The molecular weight excluding hydrogens is 476 g/mol. The molecule has 0 fully saturated rings. The number of alkyl halides is 2. The van der Waals surface area contributed by atoms with Crippen LogP contribution in [0.5, 0.6) is 0 Å². The number of carbonyl (C=O) groups excluding carboxylic acids is 2. The average molecular weight is 496 g/mol. The van der Waals surface area contributed by atoms with E-state index in [4.69, 9.17) is 0 Å². The molecule has 0 aliphatic carbocycles. The van der Waals surface area contributed by atoms with Crippen LogP contribution in [-0.4, -0.2) is 22.7 Å². The van der Waals surface area contributed by atoms with Crippen molar-refractivity contribution in [2.24, 2.45) is 0 Å². The second kappa shape index (κ2) is 11.3. The first-order valence-electron chi connectivity index (χ1n) is 7.87. The van der Waals surface area contributed by atoms with Gasteiger partial charge in [0.15, 0.2) is 5.78 Å². The number of halogens is 2. The Labute approximate surface area is 177 Å². The van der Waals surface area contributed by atoms with Crippen LogP contribution in [0, 0.1) is 0 Å². The highest BCUT2D eigenvalue weighted by Gasteiger charge is 2.06. The van der Waals surface area contributed by atoms with Crippen LogP contribution in [-0.2, 0) is 0 Å². The van der Waals surface area contributed by atoms with E-state index in [9.17, 15) is 9.59 Å². The molecule has 3 rings (SSSR count). The maximum atomic E-state index is 11.7. The van der Waals surface area contributed by atoms with Crippen LogP contribution in [0.2, 0.25) is 0 Å². The lowest BCUT2D eigenvalue weighted by Crippen LogP contribution is -1.99. The van der Waals surface area contributed by atoms with Crippen molar-refractivity contribution >= 4 is 68.2 Å². The normalized spacial score (nSPS) is 9.65. The molecule has 2 nitrogen and oxygen atoms in total. The summed E-state index contributed by atoms with van der Waals surface area (Å²) in [5.41, 5.74) is 3.53. The van der Waals surface area contributed by atoms with E-state index in [1.54, 1.807) is 0 Å². The van der Waals surface area contributed by atoms with Crippen molar-refractivity contribution in [1.82, 2.24) is 0 Å². The SMILES string of the molecule is CCBr.O=Cc1ccc(-c2ccc3cc(C(=O)CBr)ccc3c2)cc1.S. The summed E-state index contributed by atoms with van der Waals surface area (Å²) < 4.78 is 0. The van der Waals surface area contributed by atoms with E-state index in [0.29, 0.717) is 16.5 Å². The van der Waals surface area contributed by atoms with Crippen LogP contribution in [0.4, 0.5) is 0 Å². The van der Waals surface area contributed by atoms with E-state index in [0.717, 1.165) is 33.5 Å². The van der Waals surface area contributed by atoms with Gasteiger partial charge in [-0.3, -0.25) is 9.59 Å². The summed E-state index contributed by atoms with van der Waals surface area (Å²) in [6, 6.07) is 19.4. The van der Waals surface area contributed by atoms with Gasteiger partial charge in [-0.2, -0.15) is 13.5 Å². The molecule has 3 aromatic rings. The number of fused-ring (bicyclic) bond motifs is 1. The third-order valence-electron chi connectivity index (χ3n) is 3.66. The molecule has 0 saturated carbocycles. The minimum Gasteiger partial charge on any atom is -0.298 e. The Morgan fingerprint density at radius 2 is 1.42 bits per heavy atom. The minimum atomic E-state index is 0. The van der Waals surface area contributed by atoms with Crippen LogP contribution < -0.4 is 0 Å². The van der Waals surface area contributed by atoms with Crippen molar-refractivity contribution in [1.29, 1.82) is 0 Å². The first-order valence-corrected chi connectivity index (χ1v) is 10.1. The molecule has 0 aliphatic rings. The molecule has 0 amide bonds. The van der Waals surface area contributed by atoms with Gasteiger partial charge < -0.3 is 0 Å². The Morgan fingerprint density at radius 1 is 0.885 bits per heavy atom.